The number of hydrogen-bond acceptors (Lipinski definition) is 3. The van der Waals surface area contributed by atoms with Crippen molar-refractivity contribution in [3.63, 3.8) is 0 Å². The van der Waals surface area contributed by atoms with Crippen LogP contribution in [0.3, 0.4) is 0 Å². The van der Waals surface area contributed by atoms with Crippen molar-refractivity contribution >= 4 is 5.97 Å². The summed E-state index contributed by atoms with van der Waals surface area (Å²) in [4.78, 5) is 12.5. The fraction of sp³-hybridized carbons (Fsp3) is 0.938. The van der Waals surface area contributed by atoms with Crippen molar-refractivity contribution in [3.8, 4) is 0 Å². The summed E-state index contributed by atoms with van der Waals surface area (Å²) in [6.45, 7) is 15.5. The van der Waals surface area contributed by atoms with Gasteiger partial charge in [0.1, 0.15) is 5.54 Å². The lowest BCUT2D eigenvalue weighted by Gasteiger charge is -2.51. The van der Waals surface area contributed by atoms with Crippen LogP contribution in [0.25, 0.3) is 0 Å². The Balaban J connectivity index is 3.11. The molecule has 0 amide bonds. The molecule has 0 heterocycles. The quantitative estimate of drug-likeness (QED) is 0.794. The fourth-order valence-corrected chi connectivity index (χ4v) is 4.24. The van der Waals surface area contributed by atoms with Crippen LogP contribution in [0.4, 0.5) is 0 Å². The first-order valence-electron chi connectivity index (χ1n) is 7.47. The molecule has 0 saturated heterocycles. The Hall–Kier alpha value is -0.570. The minimum Gasteiger partial charge on any atom is -0.465 e. The summed E-state index contributed by atoms with van der Waals surface area (Å²) >= 11 is 0. The number of rotatable bonds is 4. The summed E-state index contributed by atoms with van der Waals surface area (Å²) < 4.78 is 5.37. The topological polar surface area (TPSA) is 38.3 Å². The minimum absolute atomic E-state index is 0.0791. The van der Waals surface area contributed by atoms with Crippen molar-refractivity contribution in [2.24, 2.45) is 10.8 Å². The van der Waals surface area contributed by atoms with Crippen molar-refractivity contribution in [3.05, 3.63) is 0 Å². The third-order valence-corrected chi connectivity index (χ3v) is 3.75. The zero-order chi connectivity index (χ0) is 14.9. The first-order valence-corrected chi connectivity index (χ1v) is 7.47. The zero-order valence-corrected chi connectivity index (χ0v) is 13.7. The van der Waals surface area contributed by atoms with Crippen molar-refractivity contribution in [1.82, 2.24) is 5.32 Å². The molecule has 19 heavy (non-hydrogen) atoms. The molecular formula is C16H31NO2. The SMILES string of the molecule is CCOC(=O)C1(NC(C)C)CC(C)(C)CC(C)(C)C1. The summed E-state index contributed by atoms with van der Waals surface area (Å²) in [7, 11) is 0. The van der Waals surface area contributed by atoms with E-state index in [1.807, 2.05) is 6.92 Å². The predicted molar refractivity (Wildman–Crippen MR) is 79.0 cm³/mol. The normalized spacial score (nSPS) is 24.2. The number of esters is 1. The fourth-order valence-electron chi connectivity index (χ4n) is 4.24. The lowest BCUT2D eigenvalue weighted by Crippen LogP contribution is -2.62. The summed E-state index contributed by atoms with van der Waals surface area (Å²) in [5.41, 5.74) is -0.234. The molecule has 0 spiro atoms. The van der Waals surface area contributed by atoms with E-state index in [0.29, 0.717) is 6.61 Å². The third kappa shape index (κ3) is 4.20. The van der Waals surface area contributed by atoms with Gasteiger partial charge in [0.15, 0.2) is 0 Å². The van der Waals surface area contributed by atoms with E-state index in [4.69, 9.17) is 4.74 Å². The van der Waals surface area contributed by atoms with Crippen LogP contribution in [-0.2, 0) is 9.53 Å². The maximum atomic E-state index is 12.5. The lowest BCUT2D eigenvalue weighted by atomic mass is 9.58. The van der Waals surface area contributed by atoms with Crippen LogP contribution in [0.15, 0.2) is 0 Å². The third-order valence-electron chi connectivity index (χ3n) is 3.75. The van der Waals surface area contributed by atoms with Gasteiger partial charge in [-0.2, -0.15) is 0 Å². The average Bonchev–Trinajstić information content (AvgIpc) is 2.10. The molecule has 1 fully saturated rings. The Labute approximate surface area is 118 Å². The molecular weight excluding hydrogens is 238 g/mol. The predicted octanol–water partition coefficient (Wildman–Crippen LogP) is 3.52. The average molecular weight is 269 g/mol. The highest BCUT2D eigenvalue weighted by atomic mass is 16.5. The van der Waals surface area contributed by atoms with E-state index >= 15 is 0 Å². The monoisotopic (exact) mass is 269 g/mol. The lowest BCUT2D eigenvalue weighted by molar-refractivity contribution is -0.158. The van der Waals surface area contributed by atoms with Crippen LogP contribution in [0.1, 0.15) is 67.7 Å². The first-order chi connectivity index (χ1) is 8.52. The van der Waals surface area contributed by atoms with Gasteiger partial charge in [-0.3, -0.25) is 10.1 Å². The van der Waals surface area contributed by atoms with Crippen molar-refractivity contribution in [2.45, 2.75) is 79.3 Å². The van der Waals surface area contributed by atoms with Gasteiger partial charge in [0.25, 0.3) is 0 Å². The van der Waals surface area contributed by atoms with E-state index in [1.54, 1.807) is 0 Å². The second-order valence-corrected chi connectivity index (χ2v) is 7.96. The first kappa shape index (κ1) is 16.5. The Kier molecular flexibility index (Phi) is 4.71. The molecule has 1 saturated carbocycles. The molecule has 0 aliphatic heterocycles. The van der Waals surface area contributed by atoms with Crippen LogP contribution in [0.5, 0.6) is 0 Å². The molecule has 0 radical (unpaired) electrons. The van der Waals surface area contributed by atoms with Gasteiger partial charge in [-0.25, -0.2) is 0 Å². The molecule has 0 bridgehead atoms. The molecule has 0 unspecified atom stereocenters. The molecule has 1 aliphatic rings. The number of hydrogen-bond donors (Lipinski definition) is 1. The maximum Gasteiger partial charge on any atom is 0.326 e. The summed E-state index contributed by atoms with van der Waals surface area (Å²) in [5.74, 6) is -0.0791. The van der Waals surface area contributed by atoms with Gasteiger partial charge in [-0.05, 0) is 50.9 Å². The largest absolute Gasteiger partial charge is 0.465 e. The molecule has 0 aromatic heterocycles. The zero-order valence-electron chi connectivity index (χ0n) is 13.7. The standard InChI is InChI=1S/C16H31NO2/c1-8-19-13(18)16(17-12(2)3)10-14(4,5)9-15(6,7)11-16/h12,17H,8-11H2,1-7H3. The van der Waals surface area contributed by atoms with Crippen LogP contribution in [0.2, 0.25) is 0 Å². The molecule has 0 aromatic carbocycles. The molecule has 1 N–H and O–H groups in total. The van der Waals surface area contributed by atoms with Gasteiger partial charge in [-0.1, -0.05) is 27.7 Å². The van der Waals surface area contributed by atoms with E-state index in [9.17, 15) is 4.79 Å². The second-order valence-electron chi connectivity index (χ2n) is 7.96. The van der Waals surface area contributed by atoms with Crippen molar-refractivity contribution in [2.75, 3.05) is 6.61 Å². The van der Waals surface area contributed by atoms with Gasteiger partial charge in [0, 0.05) is 6.04 Å². The van der Waals surface area contributed by atoms with Gasteiger partial charge in [0.2, 0.25) is 0 Å². The van der Waals surface area contributed by atoms with Crippen LogP contribution in [-0.4, -0.2) is 24.2 Å². The Morgan fingerprint density at radius 2 is 1.58 bits per heavy atom. The van der Waals surface area contributed by atoms with Gasteiger partial charge in [-0.15, -0.1) is 0 Å². The van der Waals surface area contributed by atoms with E-state index in [-0.39, 0.29) is 22.8 Å². The summed E-state index contributed by atoms with van der Waals surface area (Å²) in [5, 5.41) is 3.52. The second kappa shape index (κ2) is 5.43. The highest BCUT2D eigenvalue weighted by Gasteiger charge is 2.52. The number of carbonyl (C=O) groups is 1. The molecule has 3 heteroatoms. The Bertz CT molecular complexity index is 316. The van der Waals surface area contributed by atoms with Crippen LogP contribution >= 0.6 is 0 Å². The van der Waals surface area contributed by atoms with Crippen molar-refractivity contribution in [1.29, 1.82) is 0 Å². The summed E-state index contributed by atoms with van der Waals surface area (Å²) in [6, 6.07) is 0.272. The molecule has 0 atom stereocenters. The molecule has 1 rings (SSSR count). The Morgan fingerprint density at radius 1 is 1.11 bits per heavy atom. The van der Waals surface area contributed by atoms with Gasteiger partial charge >= 0.3 is 5.97 Å². The summed E-state index contributed by atoms with van der Waals surface area (Å²) in [6.07, 6.45) is 2.84. The van der Waals surface area contributed by atoms with Crippen LogP contribution in [0, 0.1) is 10.8 Å². The van der Waals surface area contributed by atoms with Gasteiger partial charge < -0.3 is 4.74 Å². The van der Waals surface area contributed by atoms with Gasteiger partial charge in [0.05, 0.1) is 6.61 Å². The number of carbonyl (C=O) groups excluding carboxylic acids is 1. The van der Waals surface area contributed by atoms with E-state index in [2.05, 4.69) is 46.9 Å². The maximum absolute atomic E-state index is 12.5. The van der Waals surface area contributed by atoms with E-state index in [1.165, 1.54) is 0 Å². The van der Waals surface area contributed by atoms with E-state index in [0.717, 1.165) is 19.3 Å². The smallest absolute Gasteiger partial charge is 0.326 e. The molecule has 112 valence electrons. The number of ether oxygens (including phenoxy) is 1. The molecule has 3 nitrogen and oxygen atoms in total. The number of nitrogens with one attached hydrogen (secondary N) is 1. The highest BCUT2D eigenvalue weighted by Crippen LogP contribution is 2.50. The Morgan fingerprint density at radius 3 is 1.95 bits per heavy atom. The minimum atomic E-state index is -0.532. The van der Waals surface area contributed by atoms with E-state index < -0.39 is 5.54 Å². The highest BCUT2D eigenvalue weighted by molar-refractivity contribution is 5.81. The molecule has 1 aliphatic carbocycles. The molecule has 0 aromatic rings. The van der Waals surface area contributed by atoms with Crippen molar-refractivity contribution < 1.29 is 9.53 Å². The van der Waals surface area contributed by atoms with Crippen LogP contribution < -0.4 is 5.32 Å².